The average molecular weight is 278 g/mol. The van der Waals surface area contributed by atoms with Crippen LogP contribution >= 0.6 is 11.8 Å². The van der Waals surface area contributed by atoms with Gasteiger partial charge in [-0.2, -0.15) is 0 Å². The summed E-state index contributed by atoms with van der Waals surface area (Å²) in [4.78, 5) is 15.5. The summed E-state index contributed by atoms with van der Waals surface area (Å²) < 4.78 is 0. The quantitative estimate of drug-likeness (QED) is 0.858. The van der Waals surface area contributed by atoms with E-state index in [1.807, 2.05) is 30.0 Å². The predicted molar refractivity (Wildman–Crippen MR) is 81.7 cm³/mol. The van der Waals surface area contributed by atoms with Crippen LogP contribution in [0, 0.1) is 0 Å². The van der Waals surface area contributed by atoms with Crippen molar-refractivity contribution in [2.45, 2.75) is 37.1 Å². The molecule has 0 saturated carbocycles. The number of hydrogen-bond donors (Lipinski definition) is 1. The van der Waals surface area contributed by atoms with E-state index in [2.05, 4.69) is 17.6 Å². The second kappa shape index (κ2) is 6.85. The van der Waals surface area contributed by atoms with Crippen LogP contribution in [0.25, 0.3) is 0 Å². The lowest BCUT2D eigenvalue weighted by molar-refractivity contribution is -0.132. The number of anilines is 1. The summed E-state index contributed by atoms with van der Waals surface area (Å²) in [7, 11) is 0. The first-order valence-corrected chi connectivity index (χ1v) is 8.13. The standard InChI is InChI=1S/C15H22N2OS/c1-12(15(18)17-10-6-3-7-11-17)16-13-8-4-5-9-14(13)19-2/h4-5,8-9,12,16H,3,6-7,10-11H2,1-2H3. The Balaban J connectivity index is 1.99. The van der Waals surface area contributed by atoms with Gasteiger partial charge in [-0.15, -0.1) is 11.8 Å². The molecule has 0 aromatic heterocycles. The maximum Gasteiger partial charge on any atom is 0.244 e. The van der Waals surface area contributed by atoms with Crippen LogP contribution in [-0.4, -0.2) is 36.2 Å². The highest BCUT2D eigenvalue weighted by molar-refractivity contribution is 7.98. The highest BCUT2D eigenvalue weighted by atomic mass is 32.2. The Morgan fingerprint density at radius 2 is 1.95 bits per heavy atom. The first-order chi connectivity index (χ1) is 9.22. The van der Waals surface area contributed by atoms with Gasteiger partial charge in [-0.3, -0.25) is 4.79 Å². The minimum absolute atomic E-state index is 0.161. The summed E-state index contributed by atoms with van der Waals surface area (Å²) in [5.74, 6) is 0.218. The number of carbonyl (C=O) groups excluding carboxylic acids is 1. The maximum absolute atomic E-state index is 12.4. The molecule has 0 aliphatic carbocycles. The average Bonchev–Trinajstić information content (AvgIpc) is 2.48. The Morgan fingerprint density at radius 3 is 2.63 bits per heavy atom. The Kier molecular flexibility index (Phi) is 5.14. The van der Waals surface area contributed by atoms with Crippen LogP contribution in [0.4, 0.5) is 5.69 Å². The van der Waals surface area contributed by atoms with E-state index in [1.54, 1.807) is 11.8 Å². The van der Waals surface area contributed by atoms with E-state index in [9.17, 15) is 4.79 Å². The molecule has 1 amide bonds. The van der Waals surface area contributed by atoms with Gasteiger partial charge in [0, 0.05) is 23.7 Å². The van der Waals surface area contributed by atoms with Gasteiger partial charge in [0.25, 0.3) is 0 Å². The zero-order valence-corrected chi connectivity index (χ0v) is 12.5. The first kappa shape index (κ1) is 14.3. The van der Waals surface area contributed by atoms with E-state index >= 15 is 0 Å². The number of thioether (sulfide) groups is 1. The SMILES string of the molecule is CSc1ccccc1NC(C)C(=O)N1CCCCC1. The molecule has 1 heterocycles. The molecule has 1 atom stereocenters. The van der Waals surface area contributed by atoms with Gasteiger partial charge in [-0.1, -0.05) is 12.1 Å². The number of likely N-dealkylation sites (tertiary alicyclic amines) is 1. The van der Waals surface area contributed by atoms with E-state index in [-0.39, 0.29) is 11.9 Å². The largest absolute Gasteiger partial charge is 0.373 e. The van der Waals surface area contributed by atoms with Crippen molar-refractivity contribution in [2.24, 2.45) is 0 Å². The van der Waals surface area contributed by atoms with Crippen molar-refractivity contribution in [1.29, 1.82) is 0 Å². The van der Waals surface area contributed by atoms with E-state index in [0.717, 1.165) is 31.6 Å². The van der Waals surface area contributed by atoms with Crippen molar-refractivity contribution in [1.82, 2.24) is 4.90 Å². The monoisotopic (exact) mass is 278 g/mol. The van der Waals surface area contributed by atoms with Crippen LogP contribution in [-0.2, 0) is 4.79 Å². The van der Waals surface area contributed by atoms with E-state index in [0.29, 0.717) is 0 Å². The first-order valence-electron chi connectivity index (χ1n) is 6.90. The van der Waals surface area contributed by atoms with Gasteiger partial charge in [0.05, 0.1) is 0 Å². The highest BCUT2D eigenvalue weighted by Gasteiger charge is 2.22. The van der Waals surface area contributed by atoms with Crippen LogP contribution < -0.4 is 5.32 Å². The fourth-order valence-electron chi connectivity index (χ4n) is 2.45. The molecule has 4 heteroatoms. The van der Waals surface area contributed by atoms with Crippen LogP contribution in [0.5, 0.6) is 0 Å². The van der Waals surface area contributed by atoms with Crippen LogP contribution in [0.3, 0.4) is 0 Å². The highest BCUT2D eigenvalue weighted by Crippen LogP contribution is 2.25. The van der Waals surface area contributed by atoms with Crippen molar-refractivity contribution in [3.63, 3.8) is 0 Å². The third kappa shape index (κ3) is 3.66. The summed E-state index contributed by atoms with van der Waals surface area (Å²) in [6.07, 6.45) is 5.58. The molecular formula is C15H22N2OS. The lowest BCUT2D eigenvalue weighted by atomic mass is 10.1. The predicted octanol–water partition coefficient (Wildman–Crippen LogP) is 3.22. The normalized spacial score (nSPS) is 17.1. The molecule has 19 heavy (non-hydrogen) atoms. The van der Waals surface area contributed by atoms with Gasteiger partial charge < -0.3 is 10.2 Å². The van der Waals surface area contributed by atoms with Crippen LogP contribution in [0.2, 0.25) is 0 Å². The molecule has 1 unspecified atom stereocenters. The third-order valence-electron chi connectivity index (χ3n) is 3.52. The Morgan fingerprint density at radius 1 is 1.26 bits per heavy atom. The number of nitrogens with one attached hydrogen (secondary N) is 1. The molecule has 0 spiro atoms. The molecule has 2 rings (SSSR count). The van der Waals surface area contributed by atoms with Crippen LogP contribution in [0.1, 0.15) is 26.2 Å². The molecule has 1 saturated heterocycles. The molecule has 1 fully saturated rings. The molecule has 1 aliphatic heterocycles. The number of nitrogens with zero attached hydrogens (tertiary/aromatic N) is 1. The fourth-order valence-corrected chi connectivity index (χ4v) is 3.01. The van der Waals surface area contributed by atoms with Crippen LogP contribution in [0.15, 0.2) is 29.2 Å². The summed E-state index contributed by atoms with van der Waals surface area (Å²) in [5, 5.41) is 3.35. The molecule has 0 radical (unpaired) electrons. The molecule has 1 aromatic carbocycles. The topological polar surface area (TPSA) is 32.3 Å². The maximum atomic E-state index is 12.4. The van der Waals surface area contributed by atoms with Gasteiger partial charge in [0.15, 0.2) is 0 Å². The zero-order chi connectivity index (χ0) is 13.7. The van der Waals surface area contributed by atoms with E-state index in [4.69, 9.17) is 0 Å². The molecule has 0 bridgehead atoms. The van der Waals surface area contributed by atoms with E-state index < -0.39 is 0 Å². The van der Waals surface area contributed by atoms with Crippen molar-refractivity contribution < 1.29 is 4.79 Å². The lowest BCUT2D eigenvalue weighted by Gasteiger charge is -2.30. The number of rotatable bonds is 4. The fraction of sp³-hybridized carbons (Fsp3) is 0.533. The van der Waals surface area contributed by atoms with Crippen molar-refractivity contribution >= 4 is 23.4 Å². The molecule has 1 aliphatic rings. The number of benzene rings is 1. The number of amides is 1. The van der Waals surface area contributed by atoms with Gasteiger partial charge in [-0.05, 0) is 44.6 Å². The van der Waals surface area contributed by atoms with Crippen molar-refractivity contribution in [3.8, 4) is 0 Å². The molecule has 104 valence electrons. The second-order valence-electron chi connectivity index (χ2n) is 4.95. The van der Waals surface area contributed by atoms with Gasteiger partial charge in [0.2, 0.25) is 5.91 Å². The molecular weight excluding hydrogens is 256 g/mol. The van der Waals surface area contributed by atoms with Gasteiger partial charge in [-0.25, -0.2) is 0 Å². The summed E-state index contributed by atoms with van der Waals surface area (Å²) >= 11 is 1.70. The number of piperidine rings is 1. The van der Waals surface area contributed by atoms with E-state index in [1.165, 1.54) is 11.3 Å². The molecule has 3 nitrogen and oxygen atoms in total. The number of carbonyl (C=O) groups is 1. The molecule has 1 aromatic rings. The lowest BCUT2D eigenvalue weighted by Crippen LogP contribution is -2.43. The number of hydrogen-bond acceptors (Lipinski definition) is 3. The summed E-state index contributed by atoms with van der Waals surface area (Å²) in [5.41, 5.74) is 1.05. The summed E-state index contributed by atoms with van der Waals surface area (Å²) in [6, 6.07) is 7.97. The smallest absolute Gasteiger partial charge is 0.244 e. The minimum Gasteiger partial charge on any atom is -0.373 e. The Labute approximate surface area is 119 Å². The van der Waals surface area contributed by atoms with Crippen molar-refractivity contribution in [3.05, 3.63) is 24.3 Å². The Bertz CT molecular complexity index is 430. The number of para-hydroxylation sites is 1. The Hall–Kier alpha value is -1.16. The van der Waals surface area contributed by atoms with Crippen molar-refractivity contribution in [2.75, 3.05) is 24.7 Å². The van der Waals surface area contributed by atoms with Gasteiger partial charge in [0.1, 0.15) is 6.04 Å². The third-order valence-corrected chi connectivity index (χ3v) is 4.31. The second-order valence-corrected chi connectivity index (χ2v) is 5.80. The molecule has 1 N–H and O–H groups in total. The minimum atomic E-state index is -0.161. The zero-order valence-electron chi connectivity index (χ0n) is 11.7. The summed E-state index contributed by atoms with van der Waals surface area (Å²) in [6.45, 7) is 3.78. The van der Waals surface area contributed by atoms with Gasteiger partial charge >= 0.3 is 0 Å².